The van der Waals surface area contributed by atoms with Gasteiger partial charge in [0, 0.05) is 18.7 Å². The zero-order valence-corrected chi connectivity index (χ0v) is 12.0. The second-order valence-corrected chi connectivity index (χ2v) is 4.71. The number of likely N-dealkylation sites (N-methyl/N-ethyl adjacent to an activating group) is 1. The predicted molar refractivity (Wildman–Crippen MR) is 75.5 cm³/mol. The van der Waals surface area contributed by atoms with Gasteiger partial charge in [0.2, 0.25) is 0 Å². The molecule has 1 unspecified atom stereocenters. The molecular formula is C14H21F2N3O. The van der Waals surface area contributed by atoms with Gasteiger partial charge in [-0.3, -0.25) is 4.79 Å². The second-order valence-electron chi connectivity index (χ2n) is 4.71. The van der Waals surface area contributed by atoms with Crippen LogP contribution in [-0.2, 0) is 0 Å². The number of nitrogens with two attached hydrogens (primary N) is 1. The average molecular weight is 285 g/mol. The van der Waals surface area contributed by atoms with Crippen LogP contribution in [0.15, 0.2) is 12.1 Å². The first-order chi connectivity index (χ1) is 9.38. The number of hydrogen-bond donors (Lipinski definition) is 2. The van der Waals surface area contributed by atoms with Crippen LogP contribution in [0.1, 0.15) is 31.1 Å². The van der Waals surface area contributed by atoms with Crippen molar-refractivity contribution in [2.45, 2.75) is 26.8 Å². The van der Waals surface area contributed by atoms with Gasteiger partial charge in [-0.1, -0.05) is 13.8 Å². The Kier molecular flexibility index (Phi) is 5.88. The number of carbonyl (C=O) groups excluding carboxylic acids is 1. The van der Waals surface area contributed by atoms with Crippen LogP contribution in [0, 0.1) is 11.6 Å². The number of nitrogens with one attached hydrogen (secondary N) is 1. The van der Waals surface area contributed by atoms with Crippen molar-refractivity contribution in [2.75, 3.05) is 25.4 Å². The third-order valence-electron chi connectivity index (χ3n) is 3.13. The van der Waals surface area contributed by atoms with Gasteiger partial charge in [-0.2, -0.15) is 0 Å². The highest BCUT2D eigenvalue weighted by Gasteiger charge is 2.17. The summed E-state index contributed by atoms with van der Waals surface area (Å²) in [6.45, 7) is 8.29. The van der Waals surface area contributed by atoms with Crippen molar-refractivity contribution in [1.29, 1.82) is 0 Å². The number of carbonyl (C=O) groups is 1. The van der Waals surface area contributed by atoms with Gasteiger partial charge in [-0.05, 0) is 26.1 Å². The highest BCUT2D eigenvalue weighted by Crippen LogP contribution is 2.16. The molecule has 0 heterocycles. The maximum absolute atomic E-state index is 13.6. The summed E-state index contributed by atoms with van der Waals surface area (Å²) in [6.07, 6.45) is 0. The molecule has 0 saturated heterocycles. The predicted octanol–water partition coefficient (Wildman–Crippen LogP) is 2.01. The summed E-state index contributed by atoms with van der Waals surface area (Å²) in [5.74, 6) is -2.37. The van der Waals surface area contributed by atoms with Crippen LogP contribution in [0.2, 0.25) is 0 Å². The topological polar surface area (TPSA) is 58.4 Å². The van der Waals surface area contributed by atoms with Crippen LogP contribution < -0.4 is 11.1 Å². The lowest BCUT2D eigenvalue weighted by atomic mass is 10.1. The van der Waals surface area contributed by atoms with Gasteiger partial charge in [-0.25, -0.2) is 8.78 Å². The maximum Gasteiger partial charge on any atom is 0.254 e. The Bertz CT molecular complexity index is 476. The molecule has 0 fully saturated rings. The van der Waals surface area contributed by atoms with Gasteiger partial charge in [0.25, 0.3) is 5.91 Å². The van der Waals surface area contributed by atoms with Crippen LogP contribution in [0.25, 0.3) is 0 Å². The zero-order chi connectivity index (χ0) is 15.3. The molecule has 6 heteroatoms. The fourth-order valence-electron chi connectivity index (χ4n) is 1.96. The molecule has 4 nitrogen and oxygen atoms in total. The van der Waals surface area contributed by atoms with Gasteiger partial charge in [0.15, 0.2) is 0 Å². The molecule has 0 radical (unpaired) electrons. The normalized spacial score (nSPS) is 12.5. The summed E-state index contributed by atoms with van der Waals surface area (Å²) in [5, 5.41) is 2.68. The molecule has 1 aromatic rings. The van der Waals surface area contributed by atoms with E-state index in [-0.39, 0.29) is 17.3 Å². The SMILES string of the molecule is CCN(CC)CC(C)NC(=O)c1cc(N)c(F)cc1F. The fourth-order valence-corrected chi connectivity index (χ4v) is 1.96. The first kappa shape index (κ1) is 16.4. The zero-order valence-electron chi connectivity index (χ0n) is 12.0. The van der Waals surface area contributed by atoms with E-state index in [1.807, 2.05) is 20.8 Å². The van der Waals surface area contributed by atoms with E-state index >= 15 is 0 Å². The fraction of sp³-hybridized carbons (Fsp3) is 0.500. The summed E-state index contributed by atoms with van der Waals surface area (Å²) >= 11 is 0. The van der Waals surface area contributed by atoms with E-state index in [1.165, 1.54) is 0 Å². The van der Waals surface area contributed by atoms with Crippen molar-refractivity contribution in [3.05, 3.63) is 29.3 Å². The van der Waals surface area contributed by atoms with Gasteiger partial charge in [-0.15, -0.1) is 0 Å². The largest absolute Gasteiger partial charge is 0.396 e. The van der Waals surface area contributed by atoms with Crippen molar-refractivity contribution in [1.82, 2.24) is 10.2 Å². The number of amides is 1. The molecule has 112 valence electrons. The average Bonchev–Trinajstić information content (AvgIpc) is 2.39. The Morgan fingerprint density at radius 3 is 2.45 bits per heavy atom. The van der Waals surface area contributed by atoms with Crippen LogP contribution in [0.3, 0.4) is 0 Å². The minimum absolute atomic E-state index is 0.145. The van der Waals surface area contributed by atoms with Gasteiger partial charge in [0.1, 0.15) is 11.6 Å². The number of nitrogens with zero attached hydrogens (tertiary/aromatic N) is 1. The Morgan fingerprint density at radius 1 is 1.30 bits per heavy atom. The molecule has 0 aromatic heterocycles. The Morgan fingerprint density at radius 2 is 1.90 bits per heavy atom. The molecule has 0 spiro atoms. The Hall–Kier alpha value is -1.69. The first-order valence-electron chi connectivity index (χ1n) is 6.66. The van der Waals surface area contributed by atoms with E-state index in [0.29, 0.717) is 12.6 Å². The molecule has 1 aromatic carbocycles. The second kappa shape index (κ2) is 7.19. The third kappa shape index (κ3) is 4.16. The monoisotopic (exact) mass is 285 g/mol. The van der Waals surface area contributed by atoms with Crippen molar-refractivity contribution in [3.63, 3.8) is 0 Å². The molecule has 0 aliphatic heterocycles. The lowest BCUT2D eigenvalue weighted by Crippen LogP contribution is -2.42. The maximum atomic E-state index is 13.6. The highest BCUT2D eigenvalue weighted by atomic mass is 19.1. The van der Waals surface area contributed by atoms with E-state index < -0.39 is 17.5 Å². The number of anilines is 1. The van der Waals surface area contributed by atoms with Crippen molar-refractivity contribution in [3.8, 4) is 0 Å². The molecule has 1 atom stereocenters. The summed E-state index contributed by atoms with van der Waals surface area (Å²) < 4.78 is 26.6. The van der Waals surface area contributed by atoms with E-state index in [9.17, 15) is 13.6 Å². The summed E-state index contributed by atoms with van der Waals surface area (Å²) in [6, 6.07) is 1.50. The molecule has 20 heavy (non-hydrogen) atoms. The first-order valence-corrected chi connectivity index (χ1v) is 6.66. The lowest BCUT2D eigenvalue weighted by Gasteiger charge is -2.23. The van der Waals surface area contributed by atoms with E-state index in [4.69, 9.17) is 5.73 Å². The van der Waals surface area contributed by atoms with Crippen LogP contribution in [0.5, 0.6) is 0 Å². The molecule has 0 saturated carbocycles. The summed E-state index contributed by atoms with van der Waals surface area (Å²) in [7, 11) is 0. The standard InChI is InChI=1S/C14H21F2N3O/c1-4-19(5-2)8-9(3)18-14(20)10-6-13(17)12(16)7-11(10)15/h6-7,9H,4-5,8,17H2,1-3H3,(H,18,20). The molecule has 0 aliphatic carbocycles. The number of rotatable bonds is 6. The molecule has 1 rings (SSSR count). The number of hydrogen-bond acceptors (Lipinski definition) is 3. The molecule has 3 N–H and O–H groups in total. The van der Waals surface area contributed by atoms with Crippen LogP contribution in [-0.4, -0.2) is 36.5 Å². The number of nitrogen functional groups attached to an aromatic ring is 1. The van der Waals surface area contributed by atoms with Crippen LogP contribution >= 0.6 is 0 Å². The number of halogens is 2. The van der Waals surface area contributed by atoms with Gasteiger partial charge >= 0.3 is 0 Å². The van der Waals surface area contributed by atoms with Crippen LogP contribution in [0.4, 0.5) is 14.5 Å². The minimum atomic E-state index is -0.913. The highest BCUT2D eigenvalue weighted by molar-refractivity contribution is 5.95. The minimum Gasteiger partial charge on any atom is -0.396 e. The van der Waals surface area contributed by atoms with Crippen molar-refractivity contribution >= 4 is 11.6 Å². The molecular weight excluding hydrogens is 264 g/mol. The molecule has 0 aliphatic rings. The number of benzene rings is 1. The third-order valence-corrected chi connectivity index (χ3v) is 3.13. The van der Waals surface area contributed by atoms with Gasteiger partial charge < -0.3 is 16.0 Å². The lowest BCUT2D eigenvalue weighted by molar-refractivity contribution is 0.0926. The van der Waals surface area contributed by atoms with Crippen molar-refractivity contribution < 1.29 is 13.6 Å². The summed E-state index contributed by atoms with van der Waals surface area (Å²) in [4.78, 5) is 14.1. The smallest absolute Gasteiger partial charge is 0.254 e. The molecule has 0 bridgehead atoms. The van der Waals surface area contributed by atoms with E-state index in [0.717, 1.165) is 19.2 Å². The Balaban J connectivity index is 2.74. The Labute approximate surface area is 117 Å². The van der Waals surface area contributed by atoms with Gasteiger partial charge in [0.05, 0.1) is 11.3 Å². The quantitative estimate of drug-likeness (QED) is 0.786. The molecule has 1 amide bonds. The summed E-state index contributed by atoms with van der Waals surface area (Å²) in [5.41, 5.74) is 4.87. The van der Waals surface area contributed by atoms with E-state index in [2.05, 4.69) is 10.2 Å². The van der Waals surface area contributed by atoms with E-state index in [1.54, 1.807) is 0 Å². The van der Waals surface area contributed by atoms with Crippen molar-refractivity contribution in [2.24, 2.45) is 0 Å².